The molecule has 0 heterocycles. The molecule has 0 radical (unpaired) electrons. The van der Waals surface area contributed by atoms with E-state index >= 15 is 0 Å². The largest absolute Gasteiger partial charge is 0.495 e. The lowest BCUT2D eigenvalue weighted by molar-refractivity contribution is 0.281. The van der Waals surface area contributed by atoms with Crippen molar-refractivity contribution < 1.29 is 14.2 Å². The molecule has 0 saturated heterocycles. The number of rotatable bonds is 8. The van der Waals surface area contributed by atoms with Crippen molar-refractivity contribution in [2.45, 2.75) is 20.1 Å². The van der Waals surface area contributed by atoms with Crippen molar-refractivity contribution in [1.82, 2.24) is 0 Å². The third kappa shape index (κ3) is 5.37. The molecule has 0 aromatic heterocycles. The summed E-state index contributed by atoms with van der Waals surface area (Å²) in [6.45, 7) is 3.05. The second-order valence-electron chi connectivity index (χ2n) is 6.54. The van der Waals surface area contributed by atoms with E-state index in [-0.39, 0.29) is 0 Å². The summed E-state index contributed by atoms with van der Waals surface area (Å²) in [4.78, 5) is 0. The molecule has 0 amide bonds. The van der Waals surface area contributed by atoms with E-state index in [1.54, 1.807) is 14.2 Å². The molecule has 0 atom stereocenters. The average molecular weight is 477 g/mol. The van der Waals surface area contributed by atoms with Gasteiger partial charge in [-0.15, -0.1) is 0 Å². The fourth-order valence-corrected chi connectivity index (χ4v) is 3.70. The van der Waals surface area contributed by atoms with Gasteiger partial charge in [-0.25, -0.2) is 0 Å². The van der Waals surface area contributed by atoms with Gasteiger partial charge in [0.2, 0.25) is 0 Å². The first-order valence-corrected chi connectivity index (χ1v) is 10.3. The zero-order chi connectivity index (χ0) is 20.8. The van der Waals surface area contributed by atoms with Crippen LogP contribution >= 0.6 is 27.5 Å². The predicted molar refractivity (Wildman–Crippen MR) is 122 cm³/mol. The molecule has 29 heavy (non-hydrogen) atoms. The molecule has 4 nitrogen and oxygen atoms in total. The van der Waals surface area contributed by atoms with Crippen LogP contribution in [0, 0.1) is 6.92 Å². The Bertz CT molecular complexity index is 994. The lowest BCUT2D eigenvalue weighted by Gasteiger charge is -2.18. The summed E-state index contributed by atoms with van der Waals surface area (Å²) >= 11 is 9.87. The average Bonchev–Trinajstić information content (AvgIpc) is 2.71. The van der Waals surface area contributed by atoms with E-state index in [1.807, 2.05) is 36.4 Å². The fourth-order valence-electron chi connectivity index (χ4n) is 2.99. The molecule has 3 aromatic carbocycles. The number of anilines is 1. The van der Waals surface area contributed by atoms with E-state index in [2.05, 4.69) is 46.4 Å². The molecule has 3 rings (SSSR count). The number of ether oxygens (including phenoxy) is 3. The Kier molecular flexibility index (Phi) is 7.29. The summed E-state index contributed by atoms with van der Waals surface area (Å²) in [6, 6.07) is 17.7. The Hall–Kier alpha value is -2.37. The second-order valence-corrected chi connectivity index (χ2v) is 7.80. The SMILES string of the molecule is COc1ccc(NCc2c(Br)ccc(OC)c2OCc2cccc(C)c2)cc1Cl. The first-order valence-electron chi connectivity index (χ1n) is 9.13. The molecule has 1 N–H and O–H groups in total. The third-order valence-electron chi connectivity index (χ3n) is 4.47. The molecule has 0 unspecified atom stereocenters. The number of nitrogens with one attached hydrogen (secondary N) is 1. The predicted octanol–water partition coefficient (Wildman–Crippen LogP) is 6.62. The highest BCUT2D eigenvalue weighted by molar-refractivity contribution is 9.10. The minimum Gasteiger partial charge on any atom is -0.495 e. The molecule has 6 heteroatoms. The number of halogens is 2. The van der Waals surface area contributed by atoms with Crippen molar-refractivity contribution in [3.8, 4) is 17.2 Å². The number of aryl methyl sites for hydroxylation is 1. The summed E-state index contributed by atoms with van der Waals surface area (Å²) in [7, 11) is 3.24. The Labute approximate surface area is 184 Å². The van der Waals surface area contributed by atoms with Gasteiger partial charge in [-0.1, -0.05) is 57.4 Å². The number of benzene rings is 3. The molecular formula is C23H23BrClNO3. The van der Waals surface area contributed by atoms with E-state index < -0.39 is 0 Å². The molecule has 0 saturated carbocycles. The molecule has 0 spiro atoms. The lowest BCUT2D eigenvalue weighted by atomic mass is 10.1. The lowest BCUT2D eigenvalue weighted by Crippen LogP contribution is -2.06. The number of methoxy groups -OCH3 is 2. The standard InChI is InChI=1S/C23H23BrClNO3/c1-15-5-4-6-16(11-15)14-29-23-18(19(24)8-10-22(23)28-3)13-26-17-7-9-21(27-2)20(25)12-17/h4-12,26H,13-14H2,1-3H3. The van der Waals surface area contributed by atoms with Crippen LogP contribution in [0.25, 0.3) is 0 Å². The molecule has 0 fully saturated rings. The van der Waals surface area contributed by atoms with E-state index in [4.69, 9.17) is 25.8 Å². The second kappa shape index (κ2) is 9.90. The normalized spacial score (nSPS) is 10.5. The van der Waals surface area contributed by atoms with Gasteiger partial charge in [0, 0.05) is 22.3 Å². The van der Waals surface area contributed by atoms with Gasteiger partial charge in [0.15, 0.2) is 11.5 Å². The zero-order valence-corrected chi connectivity index (χ0v) is 18.9. The van der Waals surface area contributed by atoms with Gasteiger partial charge in [-0.3, -0.25) is 0 Å². The van der Waals surface area contributed by atoms with Crippen LogP contribution in [0.4, 0.5) is 5.69 Å². The summed E-state index contributed by atoms with van der Waals surface area (Å²) in [5.41, 5.74) is 4.15. The van der Waals surface area contributed by atoms with Gasteiger partial charge in [0.25, 0.3) is 0 Å². The Morgan fingerprint density at radius 3 is 2.41 bits per heavy atom. The van der Waals surface area contributed by atoms with Gasteiger partial charge >= 0.3 is 0 Å². The maximum absolute atomic E-state index is 6.23. The minimum atomic E-state index is 0.454. The van der Waals surface area contributed by atoms with Crippen molar-refractivity contribution in [3.63, 3.8) is 0 Å². The Morgan fingerprint density at radius 2 is 1.72 bits per heavy atom. The molecular weight excluding hydrogens is 454 g/mol. The summed E-state index contributed by atoms with van der Waals surface area (Å²) in [5, 5.41) is 3.94. The van der Waals surface area contributed by atoms with Crippen LogP contribution in [-0.4, -0.2) is 14.2 Å². The van der Waals surface area contributed by atoms with E-state index in [9.17, 15) is 0 Å². The quantitative estimate of drug-likeness (QED) is 0.396. The highest BCUT2D eigenvalue weighted by Gasteiger charge is 2.15. The van der Waals surface area contributed by atoms with E-state index in [0.717, 1.165) is 21.3 Å². The topological polar surface area (TPSA) is 39.7 Å². The van der Waals surface area contributed by atoms with Crippen LogP contribution < -0.4 is 19.5 Å². The van der Waals surface area contributed by atoms with Crippen LogP contribution in [0.15, 0.2) is 59.1 Å². The summed E-state index contributed by atoms with van der Waals surface area (Å²) in [5.74, 6) is 2.03. The highest BCUT2D eigenvalue weighted by Crippen LogP contribution is 2.37. The maximum Gasteiger partial charge on any atom is 0.167 e. The molecule has 0 aliphatic heterocycles. The first kappa shape index (κ1) is 21.3. The van der Waals surface area contributed by atoms with Crippen LogP contribution in [0.3, 0.4) is 0 Å². The van der Waals surface area contributed by atoms with Gasteiger partial charge in [0.05, 0.1) is 19.2 Å². The van der Waals surface area contributed by atoms with Gasteiger partial charge in [-0.05, 0) is 42.8 Å². The van der Waals surface area contributed by atoms with Crippen LogP contribution in [-0.2, 0) is 13.2 Å². The van der Waals surface area contributed by atoms with Crippen LogP contribution in [0.1, 0.15) is 16.7 Å². The molecule has 0 aliphatic carbocycles. The fraction of sp³-hybridized carbons (Fsp3) is 0.217. The van der Waals surface area contributed by atoms with E-state index in [0.29, 0.717) is 35.4 Å². The summed E-state index contributed by atoms with van der Waals surface area (Å²) < 4.78 is 17.9. The molecule has 0 aliphatic rings. The van der Waals surface area contributed by atoms with Crippen molar-refractivity contribution in [2.24, 2.45) is 0 Å². The molecule has 3 aromatic rings. The van der Waals surface area contributed by atoms with Gasteiger partial charge in [0.1, 0.15) is 12.4 Å². The Balaban J connectivity index is 1.82. The summed E-state index contributed by atoms with van der Waals surface area (Å²) in [6.07, 6.45) is 0. The van der Waals surface area contributed by atoms with Crippen molar-refractivity contribution in [2.75, 3.05) is 19.5 Å². The Morgan fingerprint density at radius 1 is 0.966 bits per heavy atom. The van der Waals surface area contributed by atoms with Crippen molar-refractivity contribution in [1.29, 1.82) is 0 Å². The van der Waals surface area contributed by atoms with Crippen molar-refractivity contribution in [3.05, 3.63) is 80.8 Å². The first-order chi connectivity index (χ1) is 14.0. The van der Waals surface area contributed by atoms with Crippen LogP contribution in [0.2, 0.25) is 5.02 Å². The molecule has 0 bridgehead atoms. The zero-order valence-electron chi connectivity index (χ0n) is 16.6. The smallest absolute Gasteiger partial charge is 0.167 e. The highest BCUT2D eigenvalue weighted by atomic mass is 79.9. The number of hydrogen-bond donors (Lipinski definition) is 1. The van der Waals surface area contributed by atoms with E-state index in [1.165, 1.54) is 5.56 Å². The molecule has 152 valence electrons. The third-order valence-corrected chi connectivity index (χ3v) is 5.51. The number of hydrogen-bond acceptors (Lipinski definition) is 4. The maximum atomic E-state index is 6.23. The minimum absolute atomic E-state index is 0.454. The monoisotopic (exact) mass is 475 g/mol. The van der Waals surface area contributed by atoms with Crippen molar-refractivity contribution >= 4 is 33.2 Å². The van der Waals surface area contributed by atoms with Gasteiger partial charge < -0.3 is 19.5 Å². The van der Waals surface area contributed by atoms with Gasteiger partial charge in [-0.2, -0.15) is 0 Å². The van der Waals surface area contributed by atoms with Crippen LogP contribution in [0.5, 0.6) is 17.2 Å².